The van der Waals surface area contributed by atoms with Gasteiger partial charge in [0.25, 0.3) is 0 Å². The number of rotatable bonds is 5. The largest absolute Gasteiger partial charge is 0.391 e. The predicted octanol–water partition coefficient (Wildman–Crippen LogP) is 3.83. The molecule has 21 heavy (non-hydrogen) atoms. The zero-order valence-electron chi connectivity index (χ0n) is 12.7. The van der Waals surface area contributed by atoms with Crippen molar-refractivity contribution in [1.82, 2.24) is 15.1 Å². The van der Waals surface area contributed by atoms with Gasteiger partial charge in [-0.3, -0.25) is 4.68 Å². The predicted molar refractivity (Wildman–Crippen MR) is 75.7 cm³/mol. The highest BCUT2D eigenvalue weighted by atomic mass is 19.4. The van der Waals surface area contributed by atoms with Gasteiger partial charge in [-0.2, -0.15) is 18.3 Å². The second-order valence-electron chi connectivity index (χ2n) is 6.03. The summed E-state index contributed by atoms with van der Waals surface area (Å²) in [6, 6.07) is 0.118. The standard InChI is InChI=1S/C15H24F3N3/c1-3-8-19-14(12-9-20-21(2)10-12)11-4-6-13(7-5-11)15(16,17)18/h9-11,13-14,19H,3-8H2,1-2H3. The van der Waals surface area contributed by atoms with E-state index in [4.69, 9.17) is 0 Å². The van der Waals surface area contributed by atoms with Crippen LogP contribution >= 0.6 is 0 Å². The Labute approximate surface area is 123 Å². The van der Waals surface area contributed by atoms with Crippen molar-refractivity contribution in [1.29, 1.82) is 0 Å². The highest BCUT2D eigenvalue weighted by Crippen LogP contribution is 2.43. The van der Waals surface area contributed by atoms with Crippen LogP contribution in [0.25, 0.3) is 0 Å². The number of aryl methyl sites for hydroxylation is 1. The van der Waals surface area contributed by atoms with Crippen molar-refractivity contribution >= 4 is 0 Å². The van der Waals surface area contributed by atoms with Crippen molar-refractivity contribution in [2.24, 2.45) is 18.9 Å². The van der Waals surface area contributed by atoms with E-state index >= 15 is 0 Å². The molecule has 1 fully saturated rings. The van der Waals surface area contributed by atoms with Gasteiger partial charge in [0.1, 0.15) is 0 Å². The normalized spacial score (nSPS) is 25.0. The molecule has 1 saturated carbocycles. The second-order valence-corrected chi connectivity index (χ2v) is 6.03. The van der Waals surface area contributed by atoms with Crippen molar-refractivity contribution in [2.75, 3.05) is 6.54 Å². The summed E-state index contributed by atoms with van der Waals surface area (Å²) in [7, 11) is 1.86. The van der Waals surface area contributed by atoms with Gasteiger partial charge >= 0.3 is 6.18 Å². The molecule has 2 rings (SSSR count). The van der Waals surface area contributed by atoms with Crippen LogP contribution in [0, 0.1) is 11.8 Å². The molecular weight excluding hydrogens is 279 g/mol. The van der Waals surface area contributed by atoms with E-state index in [2.05, 4.69) is 17.3 Å². The summed E-state index contributed by atoms with van der Waals surface area (Å²) < 4.78 is 40.1. The maximum atomic E-state index is 12.8. The molecule has 1 atom stereocenters. The monoisotopic (exact) mass is 303 g/mol. The van der Waals surface area contributed by atoms with Gasteiger partial charge in [-0.1, -0.05) is 6.92 Å². The summed E-state index contributed by atoms with van der Waals surface area (Å²) in [4.78, 5) is 0. The molecule has 1 aromatic heterocycles. The molecule has 1 aliphatic rings. The van der Waals surface area contributed by atoms with Crippen molar-refractivity contribution in [3.63, 3.8) is 0 Å². The fraction of sp³-hybridized carbons (Fsp3) is 0.800. The van der Waals surface area contributed by atoms with Gasteiger partial charge in [-0.25, -0.2) is 0 Å². The van der Waals surface area contributed by atoms with E-state index in [9.17, 15) is 13.2 Å². The number of hydrogen-bond donors (Lipinski definition) is 1. The average molecular weight is 303 g/mol. The Balaban J connectivity index is 2.02. The Morgan fingerprint density at radius 3 is 2.48 bits per heavy atom. The van der Waals surface area contributed by atoms with Crippen LogP contribution in [0.15, 0.2) is 12.4 Å². The first kappa shape index (κ1) is 16.3. The number of alkyl halides is 3. The summed E-state index contributed by atoms with van der Waals surface area (Å²) in [6.07, 6.45) is 2.50. The number of hydrogen-bond acceptors (Lipinski definition) is 2. The van der Waals surface area contributed by atoms with E-state index in [-0.39, 0.29) is 24.8 Å². The van der Waals surface area contributed by atoms with Crippen LogP contribution in [0.5, 0.6) is 0 Å². The number of nitrogens with one attached hydrogen (secondary N) is 1. The Morgan fingerprint density at radius 1 is 1.33 bits per heavy atom. The van der Waals surface area contributed by atoms with E-state index in [1.165, 1.54) is 0 Å². The van der Waals surface area contributed by atoms with Gasteiger partial charge in [-0.15, -0.1) is 0 Å². The van der Waals surface area contributed by atoms with Crippen LogP contribution in [0.4, 0.5) is 13.2 Å². The Bertz CT molecular complexity index is 434. The zero-order chi connectivity index (χ0) is 15.5. The van der Waals surface area contributed by atoms with Gasteiger partial charge in [0.2, 0.25) is 0 Å². The van der Waals surface area contributed by atoms with Crippen molar-refractivity contribution in [3.05, 3.63) is 18.0 Å². The second kappa shape index (κ2) is 6.81. The lowest BCUT2D eigenvalue weighted by atomic mass is 9.77. The first-order valence-electron chi connectivity index (χ1n) is 7.70. The lowest BCUT2D eigenvalue weighted by Crippen LogP contribution is -2.34. The Morgan fingerprint density at radius 2 is 2.00 bits per heavy atom. The summed E-state index contributed by atoms with van der Waals surface area (Å²) in [5, 5.41) is 7.68. The van der Waals surface area contributed by atoms with Crippen molar-refractivity contribution < 1.29 is 13.2 Å². The maximum Gasteiger partial charge on any atom is 0.391 e. The van der Waals surface area contributed by atoms with E-state index < -0.39 is 12.1 Å². The van der Waals surface area contributed by atoms with Crippen LogP contribution in [-0.4, -0.2) is 22.5 Å². The van der Waals surface area contributed by atoms with E-state index in [1.807, 2.05) is 19.4 Å². The molecule has 6 heteroatoms. The minimum absolute atomic E-state index is 0.118. The molecule has 0 aliphatic heterocycles. The van der Waals surface area contributed by atoms with Gasteiger partial charge in [-0.05, 0) is 44.6 Å². The molecule has 0 radical (unpaired) electrons. The minimum atomic E-state index is -4.04. The van der Waals surface area contributed by atoms with Crippen LogP contribution < -0.4 is 5.32 Å². The quantitative estimate of drug-likeness (QED) is 0.896. The molecule has 1 heterocycles. The molecule has 0 amide bonds. The highest BCUT2D eigenvalue weighted by molar-refractivity contribution is 5.12. The lowest BCUT2D eigenvalue weighted by molar-refractivity contribution is -0.184. The van der Waals surface area contributed by atoms with E-state index in [1.54, 1.807) is 4.68 Å². The van der Waals surface area contributed by atoms with E-state index in [0.29, 0.717) is 12.8 Å². The molecule has 0 saturated heterocycles. The van der Waals surface area contributed by atoms with Crippen molar-refractivity contribution in [2.45, 2.75) is 51.2 Å². The molecule has 0 aromatic carbocycles. The average Bonchev–Trinajstić information content (AvgIpc) is 2.85. The number of nitrogens with zero attached hydrogens (tertiary/aromatic N) is 2. The molecule has 0 bridgehead atoms. The molecule has 0 spiro atoms. The fourth-order valence-corrected chi connectivity index (χ4v) is 3.24. The first-order valence-corrected chi connectivity index (χ1v) is 7.70. The lowest BCUT2D eigenvalue weighted by Gasteiger charge is -2.34. The summed E-state index contributed by atoms with van der Waals surface area (Å²) in [5.41, 5.74) is 1.08. The van der Waals surface area contributed by atoms with Gasteiger partial charge in [0.15, 0.2) is 0 Å². The smallest absolute Gasteiger partial charge is 0.310 e. The number of aromatic nitrogens is 2. The topological polar surface area (TPSA) is 29.9 Å². The first-order chi connectivity index (χ1) is 9.91. The summed E-state index contributed by atoms with van der Waals surface area (Å²) in [6.45, 7) is 2.96. The van der Waals surface area contributed by atoms with Gasteiger partial charge in [0, 0.05) is 24.8 Å². The molecule has 1 aliphatic carbocycles. The van der Waals surface area contributed by atoms with Crippen LogP contribution in [0.2, 0.25) is 0 Å². The molecule has 1 unspecified atom stereocenters. The van der Waals surface area contributed by atoms with Crippen LogP contribution in [0.1, 0.15) is 50.6 Å². The third-order valence-electron chi connectivity index (χ3n) is 4.40. The molecule has 1 aromatic rings. The number of halogens is 3. The molecule has 120 valence electrons. The molecule has 1 N–H and O–H groups in total. The van der Waals surface area contributed by atoms with Crippen molar-refractivity contribution in [3.8, 4) is 0 Å². The molecular formula is C15H24F3N3. The third kappa shape index (κ3) is 4.22. The fourth-order valence-electron chi connectivity index (χ4n) is 3.24. The molecule has 3 nitrogen and oxygen atoms in total. The Kier molecular flexibility index (Phi) is 5.30. The van der Waals surface area contributed by atoms with Crippen LogP contribution in [0.3, 0.4) is 0 Å². The van der Waals surface area contributed by atoms with Gasteiger partial charge < -0.3 is 5.32 Å². The van der Waals surface area contributed by atoms with E-state index in [0.717, 1.165) is 18.5 Å². The highest BCUT2D eigenvalue weighted by Gasteiger charge is 2.42. The SMILES string of the molecule is CCCNC(c1cnn(C)c1)C1CCC(C(F)(F)F)CC1. The van der Waals surface area contributed by atoms with Crippen LogP contribution in [-0.2, 0) is 7.05 Å². The maximum absolute atomic E-state index is 12.8. The third-order valence-corrected chi connectivity index (χ3v) is 4.40. The minimum Gasteiger partial charge on any atom is -0.310 e. The zero-order valence-corrected chi connectivity index (χ0v) is 12.7. The Hall–Kier alpha value is -1.04. The summed E-state index contributed by atoms with van der Waals surface area (Å²) in [5.74, 6) is -0.853. The summed E-state index contributed by atoms with van der Waals surface area (Å²) >= 11 is 0. The van der Waals surface area contributed by atoms with Gasteiger partial charge in [0.05, 0.1) is 12.1 Å².